The zero-order valence-electron chi connectivity index (χ0n) is 19.1. The first-order chi connectivity index (χ1) is 16.1. The molecule has 170 valence electrons. The predicted molar refractivity (Wildman–Crippen MR) is 135 cm³/mol. The van der Waals surface area contributed by atoms with Crippen LogP contribution in [0.3, 0.4) is 0 Å². The van der Waals surface area contributed by atoms with Crippen molar-refractivity contribution in [2.45, 2.75) is 32.6 Å². The normalized spacial score (nSPS) is 15.7. The Bertz CT molecular complexity index is 1210. The lowest BCUT2D eigenvalue weighted by molar-refractivity contribution is -0.138. The van der Waals surface area contributed by atoms with Gasteiger partial charge in [-0.3, -0.25) is 0 Å². The Hall–Kier alpha value is -3.25. The molecule has 6 heteroatoms. The van der Waals surface area contributed by atoms with Crippen molar-refractivity contribution in [1.82, 2.24) is 5.32 Å². The molecule has 1 aliphatic rings. The van der Waals surface area contributed by atoms with E-state index >= 15 is 0 Å². The van der Waals surface area contributed by atoms with Crippen molar-refractivity contribution >= 4 is 33.7 Å². The molecular weight excluding hydrogens is 432 g/mol. The summed E-state index contributed by atoms with van der Waals surface area (Å²) < 4.78 is 11.2. The maximum absolute atomic E-state index is 12.9. The Morgan fingerprint density at radius 2 is 1.76 bits per heavy atom. The standard InChI is InChI=1S/C27H28N2O3S/c1-4-31-23-16-9-8-15-22(23)25-24(26(30)32-5-2)18(3)28-27(29-25)33-17-20-13-10-12-19-11-6-7-14-21(19)20/h6-16,25H,4-5,17H2,1-3H3,(H,28,29)/t25-/m0/s1. The number of aliphatic imine (C=N–C) groups is 1. The summed E-state index contributed by atoms with van der Waals surface area (Å²) in [6.07, 6.45) is 0. The largest absolute Gasteiger partial charge is 0.494 e. The molecule has 0 aliphatic carbocycles. The van der Waals surface area contributed by atoms with Crippen LogP contribution in [0.5, 0.6) is 5.75 Å². The number of esters is 1. The lowest BCUT2D eigenvalue weighted by Crippen LogP contribution is -2.30. The van der Waals surface area contributed by atoms with Crippen molar-refractivity contribution in [3.63, 3.8) is 0 Å². The van der Waals surface area contributed by atoms with E-state index < -0.39 is 6.04 Å². The monoisotopic (exact) mass is 460 g/mol. The Kier molecular flexibility index (Phi) is 7.35. The van der Waals surface area contributed by atoms with Crippen LogP contribution in [0.2, 0.25) is 0 Å². The van der Waals surface area contributed by atoms with E-state index in [1.54, 1.807) is 11.8 Å². The number of hydrogen-bond donors (Lipinski definition) is 1. The topological polar surface area (TPSA) is 59.9 Å². The van der Waals surface area contributed by atoms with Crippen LogP contribution < -0.4 is 10.1 Å². The molecule has 1 heterocycles. The molecule has 3 aromatic rings. The van der Waals surface area contributed by atoms with Crippen LogP contribution in [0.15, 0.2) is 83.0 Å². The zero-order valence-corrected chi connectivity index (χ0v) is 19.9. The molecular formula is C27H28N2O3S. The van der Waals surface area contributed by atoms with Crippen molar-refractivity contribution in [2.75, 3.05) is 13.2 Å². The number of carbonyl (C=O) groups excluding carboxylic acids is 1. The SMILES string of the molecule is CCOC(=O)C1=C(C)NC(SCc2cccc3ccccc23)=N[C@H]1c1ccccc1OCC. The molecule has 0 saturated heterocycles. The van der Waals surface area contributed by atoms with E-state index in [-0.39, 0.29) is 5.97 Å². The van der Waals surface area contributed by atoms with Gasteiger partial charge in [0.05, 0.1) is 18.8 Å². The van der Waals surface area contributed by atoms with Gasteiger partial charge in [0.1, 0.15) is 11.8 Å². The Balaban J connectivity index is 1.67. The van der Waals surface area contributed by atoms with Crippen LogP contribution in [0.25, 0.3) is 10.8 Å². The Morgan fingerprint density at radius 3 is 2.58 bits per heavy atom. The zero-order chi connectivity index (χ0) is 23.2. The first kappa shape index (κ1) is 22.9. The maximum atomic E-state index is 12.9. The molecule has 5 nitrogen and oxygen atoms in total. The van der Waals surface area contributed by atoms with Gasteiger partial charge in [0.15, 0.2) is 5.17 Å². The molecule has 0 amide bonds. The molecule has 0 unspecified atom stereocenters. The second-order valence-corrected chi connectivity index (χ2v) is 8.58. The Labute approximate surface area is 198 Å². The van der Waals surface area contributed by atoms with Crippen molar-refractivity contribution in [3.05, 3.63) is 89.1 Å². The van der Waals surface area contributed by atoms with Gasteiger partial charge in [0.25, 0.3) is 0 Å². The van der Waals surface area contributed by atoms with E-state index in [0.29, 0.717) is 18.8 Å². The minimum absolute atomic E-state index is 0.307. The van der Waals surface area contributed by atoms with Gasteiger partial charge >= 0.3 is 5.97 Å². The van der Waals surface area contributed by atoms with Gasteiger partial charge in [0, 0.05) is 17.0 Å². The molecule has 3 aromatic carbocycles. The summed E-state index contributed by atoms with van der Waals surface area (Å²) in [6, 6.07) is 22.0. The molecule has 1 aliphatic heterocycles. The van der Waals surface area contributed by atoms with Gasteiger partial charge in [-0.25, -0.2) is 9.79 Å². The first-order valence-electron chi connectivity index (χ1n) is 11.2. The van der Waals surface area contributed by atoms with Crippen LogP contribution in [-0.4, -0.2) is 24.4 Å². The molecule has 0 radical (unpaired) electrons. The fourth-order valence-electron chi connectivity index (χ4n) is 3.98. The molecule has 1 atom stereocenters. The third-order valence-corrected chi connectivity index (χ3v) is 6.41. The molecule has 0 spiro atoms. The highest BCUT2D eigenvalue weighted by molar-refractivity contribution is 8.13. The highest BCUT2D eigenvalue weighted by Crippen LogP contribution is 2.38. The Morgan fingerprint density at radius 1 is 1.00 bits per heavy atom. The summed E-state index contributed by atoms with van der Waals surface area (Å²) in [5, 5.41) is 6.55. The van der Waals surface area contributed by atoms with Crippen LogP contribution in [0.4, 0.5) is 0 Å². The number of allylic oxidation sites excluding steroid dienone is 1. The number of hydrogen-bond acceptors (Lipinski definition) is 6. The minimum atomic E-state index is -0.497. The van der Waals surface area contributed by atoms with E-state index in [1.165, 1.54) is 16.3 Å². The molecule has 0 fully saturated rings. The number of nitrogens with zero attached hydrogens (tertiary/aromatic N) is 1. The second-order valence-electron chi connectivity index (χ2n) is 7.62. The summed E-state index contributed by atoms with van der Waals surface area (Å²) in [7, 11) is 0. The number of carbonyl (C=O) groups is 1. The van der Waals surface area contributed by atoms with Gasteiger partial charge in [0.2, 0.25) is 0 Å². The van der Waals surface area contributed by atoms with E-state index in [4.69, 9.17) is 14.5 Å². The highest BCUT2D eigenvalue weighted by atomic mass is 32.2. The van der Waals surface area contributed by atoms with Crippen LogP contribution in [0.1, 0.15) is 37.9 Å². The molecule has 0 bridgehead atoms. The smallest absolute Gasteiger partial charge is 0.338 e. The molecule has 4 rings (SSSR count). The van der Waals surface area contributed by atoms with Gasteiger partial charge in [-0.2, -0.15) is 0 Å². The summed E-state index contributed by atoms with van der Waals surface area (Å²) in [6.45, 7) is 6.49. The summed E-state index contributed by atoms with van der Waals surface area (Å²) in [5.41, 5.74) is 3.36. The fraction of sp³-hybridized carbons (Fsp3) is 0.259. The van der Waals surface area contributed by atoms with Crippen molar-refractivity contribution in [1.29, 1.82) is 0 Å². The third kappa shape index (κ3) is 5.06. The number of thioether (sulfide) groups is 1. The maximum Gasteiger partial charge on any atom is 0.338 e. The number of ether oxygens (including phenoxy) is 2. The van der Waals surface area contributed by atoms with Gasteiger partial charge < -0.3 is 14.8 Å². The third-order valence-electron chi connectivity index (χ3n) is 5.47. The van der Waals surface area contributed by atoms with Crippen LogP contribution >= 0.6 is 11.8 Å². The fourth-order valence-corrected chi connectivity index (χ4v) is 4.93. The molecule has 1 N–H and O–H groups in total. The number of nitrogens with one attached hydrogen (secondary N) is 1. The number of rotatable bonds is 7. The van der Waals surface area contributed by atoms with E-state index in [2.05, 4.69) is 47.8 Å². The summed E-state index contributed by atoms with van der Waals surface area (Å²) >= 11 is 1.63. The van der Waals surface area contributed by atoms with Crippen molar-refractivity contribution in [2.24, 2.45) is 4.99 Å². The molecule has 0 saturated carbocycles. The van der Waals surface area contributed by atoms with Crippen LogP contribution in [-0.2, 0) is 15.3 Å². The number of fused-ring (bicyclic) bond motifs is 1. The van der Waals surface area contributed by atoms with Gasteiger partial charge in [-0.05, 0) is 43.2 Å². The number of benzene rings is 3. The van der Waals surface area contributed by atoms with E-state index in [9.17, 15) is 4.79 Å². The number of amidine groups is 1. The second kappa shape index (κ2) is 10.6. The lowest BCUT2D eigenvalue weighted by atomic mass is 9.96. The quantitative estimate of drug-likeness (QED) is 0.438. The minimum Gasteiger partial charge on any atom is -0.494 e. The predicted octanol–water partition coefficient (Wildman–Crippen LogP) is 6.01. The average molecular weight is 461 g/mol. The summed E-state index contributed by atoms with van der Waals surface area (Å²) in [5.74, 6) is 1.12. The van der Waals surface area contributed by atoms with Crippen LogP contribution in [0, 0.1) is 0 Å². The molecule has 0 aromatic heterocycles. The summed E-state index contributed by atoms with van der Waals surface area (Å²) in [4.78, 5) is 17.8. The van der Waals surface area contributed by atoms with E-state index in [1.807, 2.05) is 45.0 Å². The van der Waals surface area contributed by atoms with Gasteiger partial charge in [-0.15, -0.1) is 0 Å². The van der Waals surface area contributed by atoms with Gasteiger partial charge in [-0.1, -0.05) is 72.4 Å². The molecule has 33 heavy (non-hydrogen) atoms. The highest BCUT2D eigenvalue weighted by Gasteiger charge is 2.32. The van der Waals surface area contributed by atoms with Crippen molar-refractivity contribution in [3.8, 4) is 5.75 Å². The van der Waals surface area contributed by atoms with E-state index in [0.717, 1.165) is 27.9 Å². The first-order valence-corrected chi connectivity index (χ1v) is 12.1. The average Bonchev–Trinajstić information content (AvgIpc) is 2.83. The van der Waals surface area contributed by atoms with Crippen molar-refractivity contribution < 1.29 is 14.3 Å². The lowest BCUT2D eigenvalue weighted by Gasteiger charge is -2.27. The number of para-hydroxylation sites is 1.